The van der Waals surface area contributed by atoms with Crippen molar-refractivity contribution in [3.05, 3.63) is 515 Å². The number of ether oxygens (including phenoxy) is 2. The van der Waals surface area contributed by atoms with Gasteiger partial charge in [0.1, 0.15) is 0 Å². The second-order valence-electron chi connectivity index (χ2n) is 37.6. The molecule has 6 heterocycles. The van der Waals surface area contributed by atoms with Gasteiger partial charge in [0, 0.05) is 55.8 Å². The largest absolute Gasteiger partial charge is 0.453 e. The molecule has 0 spiro atoms. The Labute approximate surface area is 792 Å². The van der Waals surface area contributed by atoms with Crippen LogP contribution < -0.4 is 38.9 Å². The highest BCUT2D eigenvalue weighted by Gasteiger charge is 2.42. The third-order valence-electron chi connectivity index (χ3n) is 27.2. The Kier molecular flexibility index (Phi) is 23.9. The van der Waals surface area contributed by atoms with Gasteiger partial charge in [0.25, 0.3) is 0 Å². The molecule has 0 radical (unpaired) electrons. The first-order valence-electron chi connectivity index (χ1n) is 46.7. The van der Waals surface area contributed by atoms with E-state index < -0.39 is 0 Å². The van der Waals surface area contributed by atoms with E-state index in [2.05, 4.69) is 515 Å². The minimum absolute atomic E-state index is 0.00253. The highest BCUT2D eigenvalue weighted by atomic mass is 16.5. The molecule has 0 bridgehead atoms. The van der Waals surface area contributed by atoms with E-state index in [1.165, 1.54) is 141 Å². The van der Waals surface area contributed by atoms with E-state index >= 15 is 0 Å². The van der Waals surface area contributed by atoms with Crippen LogP contribution in [0.4, 0.5) is 102 Å². The van der Waals surface area contributed by atoms with Gasteiger partial charge in [-0.15, -0.1) is 0 Å². The van der Waals surface area contributed by atoms with Crippen LogP contribution >= 0.6 is 0 Å². The number of benzene rings is 18. The molecule has 8 nitrogen and oxygen atoms in total. The van der Waals surface area contributed by atoms with Crippen LogP contribution in [0.1, 0.15) is 133 Å². The number of aryl methyl sites for hydroxylation is 6. The molecule has 0 unspecified atom stereocenters. The summed E-state index contributed by atoms with van der Waals surface area (Å²) in [6, 6.07) is 154. The number of hydrogen-bond donors (Lipinski definition) is 0. The molecule has 0 N–H and O–H groups in total. The second-order valence-corrected chi connectivity index (χ2v) is 37.6. The normalized spacial score (nSPS) is 14.2. The summed E-state index contributed by atoms with van der Waals surface area (Å²) in [5.41, 5.74) is 40.4. The van der Waals surface area contributed by atoms with Crippen molar-refractivity contribution < 1.29 is 9.47 Å². The molecule has 8 heteroatoms. The highest BCUT2D eigenvalue weighted by molar-refractivity contribution is 5.93. The molecule has 0 amide bonds. The zero-order chi connectivity index (χ0) is 92.6. The summed E-state index contributed by atoms with van der Waals surface area (Å²) in [6.07, 6.45) is 0. The van der Waals surface area contributed by atoms with Crippen molar-refractivity contribution in [3.63, 3.8) is 0 Å². The molecule has 0 fully saturated rings. The van der Waals surface area contributed by atoms with Crippen LogP contribution in [0.3, 0.4) is 0 Å². The van der Waals surface area contributed by atoms with Crippen LogP contribution in [-0.2, 0) is 21.7 Å². The average molecular weight is 1740 g/mol. The van der Waals surface area contributed by atoms with Crippen LogP contribution in [0.5, 0.6) is 23.0 Å². The molecule has 6 aliphatic heterocycles. The predicted molar refractivity (Wildman–Crippen MR) is 564 cm³/mol. The zero-order valence-corrected chi connectivity index (χ0v) is 79.1. The lowest BCUT2D eigenvalue weighted by molar-refractivity contribution is 0.473. The molecule has 0 saturated heterocycles. The Morgan fingerprint density at radius 2 is 0.455 bits per heavy atom. The summed E-state index contributed by atoms with van der Waals surface area (Å²) in [4.78, 5) is 14.1. The van der Waals surface area contributed by atoms with Gasteiger partial charge in [-0.2, -0.15) is 0 Å². The van der Waals surface area contributed by atoms with Crippen LogP contribution in [0.15, 0.2) is 437 Å². The maximum Gasteiger partial charge on any atom is 0.154 e. The van der Waals surface area contributed by atoms with Crippen molar-refractivity contribution in [1.82, 2.24) is 0 Å². The van der Waals surface area contributed by atoms with E-state index in [0.29, 0.717) is 0 Å². The van der Waals surface area contributed by atoms with E-state index in [1.54, 1.807) is 0 Å². The Balaban J connectivity index is 0.000000103. The Bertz CT molecular complexity index is 7220. The average Bonchev–Trinajstić information content (AvgIpc) is 0.732. The quantitative estimate of drug-likeness (QED) is 0.163. The molecule has 0 atom stereocenters. The lowest BCUT2D eigenvalue weighted by Crippen LogP contribution is -2.31. The lowest BCUT2D eigenvalue weighted by atomic mass is 9.72. The maximum atomic E-state index is 6.12. The van der Waals surface area contributed by atoms with Crippen molar-refractivity contribution in [2.24, 2.45) is 0 Å². The van der Waals surface area contributed by atoms with Crippen molar-refractivity contribution in [1.29, 1.82) is 0 Å². The summed E-state index contributed by atoms with van der Waals surface area (Å²) < 4.78 is 12.2. The third-order valence-corrected chi connectivity index (χ3v) is 27.2. The second kappa shape index (κ2) is 36.6. The molecule has 134 heavy (non-hydrogen) atoms. The third kappa shape index (κ3) is 16.4. The first kappa shape index (κ1) is 87.7. The molecule has 0 saturated carbocycles. The van der Waals surface area contributed by atoms with E-state index in [0.717, 1.165) is 62.7 Å². The summed E-state index contributed by atoms with van der Waals surface area (Å²) >= 11 is 0. The summed E-state index contributed by atoms with van der Waals surface area (Å²) in [5.74, 6) is 3.61. The van der Waals surface area contributed by atoms with Crippen LogP contribution in [0.2, 0.25) is 0 Å². The minimum atomic E-state index is 0.00253. The molecule has 0 aliphatic carbocycles. The van der Waals surface area contributed by atoms with Gasteiger partial charge in [0.2, 0.25) is 0 Å². The van der Waals surface area contributed by atoms with Crippen molar-refractivity contribution in [2.45, 2.75) is 119 Å². The van der Waals surface area contributed by atoms with E-state index in [-0.39, 0.29) is 21.7 Å². The van der Waals surface area contributed by atoms with Gasteiger partial charge >= 0.3 is 0 Å². The number of rotatable bonds is 6. The van der Waals surface area contributed by atoms with Crippen molar-refractivity contribution in [3.8, 4) is 23.0 Å². The fourth-order valence-corrected chi connectivity index (χ4v) is 20.6. The standard InChI is InChI=1S/4C22H21N.2C19H15NO/c1-16-10-9-14-19-21(16)23(17-11-5-4-6-12-17)20-15-8-7-13-18(20)22(19,2)3;1-16-10-9-15-20-21(16)22(2,3)18-13-7-8-14-19(18)23(20)17-11-5-4-6-12-17;1-16-13-14-21-19(15-16)22(2,3)18-11-7-8-12-20(18)23(21)17-9-5-4-6-10-17;1-16-13-14-19-21(15-16)23(17-9-5-4-6-10-17)20-12-8-7-11-18(20)22(19,2)3;1-14-8-7-12-17-19(14)21-18-13-6-5-11-16(18)20(17)15-9-3-2-4-10-15;1-14-11-12-17-19(13-14)21-18-10-6-5-9-16(18)20(17)15-7-3-2-4-8-15/h4*4-15H,1-3H3;2*2-13H,1H3. The molecule has 6 aliphatic rings. The van der Waals surface area contributed by atoms with Gasteiger partial charge < -0.3 is 38.9 Å². The minimum Gasteiger partial charge on any atom is -0.453 e. The fraction of sp³-hybridized carbons (Fsp3) is 0.143. The number of hydrogen-bond acceptors (Lipinski definition) is 8. The SMILES string of the molecule is Cc1ccc2c(c1)C(C)(C)c1ccccc1N2c1ccccc1.Cc1ccc2c(c1)N(c1ccccc1)c1ccccc1C2(C)C.Cc1ccc2c(c1)Oc1ccccc1N2c1ccccc1.Cc1cccc2c1C(C)(C)c1ccccc1N2c1ccccc1.Cc1cccc2c1N(c1ccccc1)c1ccccc1C2(C)C.Cc1cccc2c1Oc1ccccc1N2c1ccccc1. The van der Waals surface area contributed by atoms with E-state index in [1.807, 2.05) is 48.5 Å². The van der Waals surface area contributed by atoms with Crippen molar-refractivity contribution in [2.75, 3.05) is 29.4 Å². The number of para-hydroxylation sites is 16. The topological polar surface area (TPSA) is 37.9 Å². The number of anilines is 18. The monoisotopic (exact) mass is 1740 g/mol. The van der Waals surface area contributed by atoms with Gasteiger partial charge in [-0.25, -0.2) is 0 Å². The molecule has 18 aromatic carbocycles. The lowest BCUT2D eigenvalue weighted by Gasteiger charge is -2.42. The van der Waals surface area contributed by atoms with Crippen molar-refractivity contribution >= 4 is 102 Å². The first-order chi connectivity index (χ1) is 65.1. The highest BCUT2D eigenvalue weighted by Crippen LogP contribution is 2.59. The number of nitrogens with zero attached hydrogens (tertiary/aromatic N) is 6. The Hall–Kier alpha value is -15.6. The van der Waals surface area contributed by atoms with Gasteiger partial charge in [-0.05, 0) is 272 Å². The summed E-state index contributed by atoms with van der Waals surface area (Å²) in [7, 11) is 0. The van der Waals surface area contributed by atoms with Crippen LogP contribution in [-0.4, -0.2) is 0 Å². The molecule has 660 valence electrons. The molecule has 0 aromatic heterocycles. The van der Waals surface area contributed by atoms with Gasteiger partial charge in [0.15, 0.2) is 23.0 Å². The van der Waals surface area contributed by atoms with Crippen LogP contribution in [0.25, 0.3) is 0 Å². The molecule has 24 rings (SSSR count). The number of fused-ring (bicyclic) bond motifs is 12. The molecular formula is C126H114N6O2. The summed E-state index contributed by atoms with van der Waals surface area (Å²) in [6.45, 7) is 31.5. The van der Waals surface area contributed by atoms with Gasteiger partial charge in [0.05, 0.1) is 68.2 Å². The van der Waals surface area contributed by atoms with E-state index in [4.69, 9.17) is 9.47 Å². The first-order valence-corrected chi connectivity index (χ1v) is 46.7. The Morgan fingerprint density at radius 3 is 0.940 bits per heavy atom. The van der Waals surface area contributed by atoms with Crippen LogP contribution in [0, 0.1) is 41.5 Å². The van der Waals surface area contributed by atoms with Gasteiger partial charge in [-0.1, -0.05) is 340 Å². The smallest absolute Gasteiger partial charge is 0.154 e. The zero-order valence-electron chi connectivity index (χ0n) is 79.1. The van der Waals surface area contributed by atoms with Gasteiger partial charge in [-0.3, -0.25) is 0 Å². The fourth-order valence-electron chi connectivity index (χ4n) is 20.6. The predicted octanol–water partition coefficient (Wildman–Crippen LogP) is 35.6. The molecule has 18 aromatic rings. The molecular weight excluding hydrogens is 1630 g/mol. The maximum absolute atomic E-state index is 6.12. The van der Waals surface area contributed by atoms with E-state index in [9.17, 15) is 0 Å². The Morgan fingerprint density at radius 1 is 0.172 bits per heavy atom. The summed E-state index contributed by atoms with van der Waals surface area (Å²) in [5, 5.41) is 0.